The van der Waals surface area contributed by atoms with Gasteiger partial charge in [-0.1, -0.05) is 42.5 Å². The molecule has 2 aromatic rings. The minimum atomic E-state index is -4.38. The second-order valence-corrected chi connectivity index (χ2v) is 5.51. The van der Waals surface area contributed by atoms with Crippen molar-refractivity contribution in [2.45, 2.75) is 25.2 Å². The molecule has 4 nitrogen and oxygen atoms in total. The summed E-state index contributed by atoms with van der Waals surface area (Å²) in [6.07, 6.45) is -4.05. The zero-order valence-electron chi connectivity index (χ0n) is 13.3. The van der Waals surface area contributed by atoms with E-state index in [1.807, 2.05) is 30.3 Å². The molecule has 0 heterocycles. The number of alkyl halides is 3. The third kappa shape index (κ3) is 6.84. The Morgan fingerprint density at radius 2 is 1.68 bits per heavy atom. The number of aliphatic carboxylic acids is 1. The van der Waals surface area contributed by atoms with Crippen LogP contribution in [0, 0.1) is 0 Å². The van der Waals surface area contributed by atoms with Gasteiger partial charge in [0.25, 0.3) is 0 Å². The SMILES string of the molecule is O=C(O)[C@@H](Cc1ccccc1)NCc1ccc(OCC(F)(F)F)cc1. The van der Waals surface area contributed by atoms with Crippen molar-refractivity contribution in [3.05, 3.63) is 65.7 Å². The van der Waals surface area contributed by atoms with E-state index in [1.165, 1.54) is 12.1 Å². The number of rotatable bonds is 8. The molecule has 7 heteroatoms. The van der Waals surface area contributed by atoms with Crippen molar-refractivity contribution in [3.8, 4) is 5.75 Å². The number of benzene rings is 2. The number of carboxylic acid groups (broad SMARTS) is 1. The first kappa shape index (κ1) is 18.8. The highest BCUT2D eigenvalue weighted by molar-refractivity contribution is 5.73. The molecule has 0 aromatic heterocycles. The molecular weight excluding hydrogens is 335 g/mol. The summed E-state index contributed by atoms with van der Waals surface area (Å²) in [5, 5.41) is 12.3. The van der Waals surface area contributed by atoms with Gasteiger partial charge in [-0.2, -0.15) is 13.2 Å². The fraction of sp³-hybridized carbons (Fsp3) is 0.278. The van der Waals surface area contributed by atoms with Gasteiger partial charge < -0.3 is 15.2 Å². The summed E-state index contributed by atoms with van der Waals surface area (Å²) in [4.78, 5) is 11.4. The van der Waals surface area contributed by atoms with E-state index in [4.69, 9.17) is 0 Å². The van der Waals surface area contributed by atoms with Gasteiger partial charge >= 0.3 is 12.1 Å². The molecular formula is C18H18F3NO3. The molecule has 0 saturated carbocycles. The maximum absolute atomic E-state index is 12.1. The molecule has 134 valence electrons. The predicted molar refractivity (Wildman–Crippen MR) is 86.4 cm³/mol. The van der Waals surface area contributed by atoms with Crippen LogP contribution in [0.1, 0.15) is 11.1 Å². The predicted octanol–water partition coefficient (Wildman–Crippen LogP) is 3.41. The quantitative estimate of drug-likeness (QED) is 0.764. The lowest BCUT2D eigenvalue weighted by Crippen LogP contribution is -2.38. The maximum Gasteiger partial charge on any atom is 0.422 e. The summed E-state index contributed by atoms with van der Waals surface area (Å²) >= 11 is 0. The lowest BCUT2D eigenvalue weighted by atomic mass is 10.1. The summed E-state index contributed by atoms with van der Waals surface area (Å²) in [6, 6.07) is 14.5. The van der Waals surface area contributed by atoms with Crippen LogP contribution in [0.5, 0.6) is 5.75 Å². The molecule has 2 aromatic carbocycles. The largest absolute Gasteiger partial charge is 0.484 e. The van der Waals surface area contributed by atoms with Gasteiger partial charge in [-0.25, -0.2) is 0 Å². The fourth-order valence-electron chi connectivity index (χ4n) is 2.21. The van der Waals surface area contributed by atoms with Crippen molar-refractivity contribution >= 4 is 5.97 Å². The lowest BCUT2D eigenvalue weighted by Gasteiger charge is -2.15. The summed E-state index contributed by atoms with van der Waals surface area (Å²) in [5.74, 6) is -0.853. The van der Waals surface area contributed by atoms with Gasteiger partial charge in [-0.15, -0.1) is 0 Å². The van der Waals surface area contributed by atoms with E-state index in [2.05, 4.69) is 10.1 Å². The van der Waals surface area contributed by atoms with Gasteiger partial charge in [0.1, 0.15) is 11.8 Å². The molecule has 0 radical (unpaired) electrons. The minimum Gasteiger partial charge on any atom is -0.484 e. The Balaban J connectivity index is 1.88. The first-order valence-corrected chi connectivity index (χ1v) is 7.62. The second kappa shape index (κ2) is 8.53. The molecule has 0 aliphatic heterocycles. The van der Waals surface area contributed by atoms with Gasteiger partial charge in [0, 0.05) is 6.54 Å². The number of hydrogen-bond acceptors (Lipinski definition) is 3. The Labute approximate surface area is 143 Å². The maximum atomic E-state index is 12.1. The summed E-state index contributed by atoms with van der Waals surface area (Å²) in [7, 11) is 0. The van der Waals surface area contributed by atoms with Crippen LogP contribution in [0.2, 0.25) is 0 Å². The molecule has 2 N–H and O–H groups in total. The average molecular weight is 353 g/mol. The van der Waals surface area contributed by atoms with Crippen molar-refractivity contribution < 1.29 is 27.8 Å². The molecule has 0 spiro atoms. The van der Waals surface area contributed by atoms with Crippen molar-refractivity contribution in [3.63, 3.8) is 0 Å². The van der Waals surface area contributed by atoms with Crippen molar-refractivity contribution in [1.82, 2.24) is 5.32 Å². The molecule has 0 unspecified atom stereocenters. The van der Waals surface area contributed by atoms with Crippen molar-refractivity contribution in [2.75, 3.05) is 6.61 Å². The normalized spacial score (nSPS) is 12.6. The van der Waals surface area contributed by atoms with E-state index in [9.17, 15) is 23.1 Å². The van der Waals surface area contributed by atoms with E-state index in [0.717, 1.165) is 11.1 Å². The van der Waals surface area contributed by atoms with Crippen molar-refractivity contribution in [1.29, 1.82) is 0 Å². The van der Waals surface area contributed by atoms with Crippen LogP contribution in [0.15, 0.2) is 54.6 Å². The smallest absolute Gasteiger partial charge is 0.422 e. The number of hydrogen-bond donors (Lipinski definition) is 2. The van der Waals surface area contributed by atoms with Crippen LogP contribution in [0.4, 0.5) is 13.2 Å². The Morgan fingerprint density at radius 1 is 1.04 bits per heavy atom. The molecule has 2 rings (SSSR count). The zero-order chi connectivity index (χ0) is 18.3. The highest BCUT2D eigenvalue weighted by Gasteiger charge is 2.28. The minimum absolute atomic E-state index is 0.111. The Kier molecular flexibility index (Phi) is 6.41. The highest BCUT2D eigenvalue weighted by Crippen LogP contribution is 2.19. The molecule has 0 bridgehead atoms. The molecule has 0 fully saturated rings. The van der Waals surface area contributed by atoms with Gasteiger partial charge in [0.15, 0.2) is 6.61 Å². The van der Waals surface area contributed by atoms with Crippen molar-refractivity contribution in [2.24, 2.45) is 0 Å². The number of carboxylic acids is 1. The van der Waals surface area contributed by atoms with Gasteiger partial charge in [-0.3, -0.25) is 4.79 Å². The topological polar surface area (TPSA) is 58.6 Å². The molecule has 0 amide bonds. The van der Waals surface area contributed by atoms with E-state index < -0.39 is 24.8 Å². The molecule has 1 atom stereocenters. The van der Waals surface area contributed by atoms with Crippen LogP contribution in [0.3, 0.4) is 0 Å². The Morgan fingerprint density at radius 3 is 2.24 bits per heavy atom. The third-order valence-corrected chi connectivity index (χ3v) is 3.46. The van der Waals surface area contributed by atoms with E-state index in [0.29, 0.717) is 6.42 Å². The Bertz CT molecular complexity index is 672. The van der Waals surface area contributed by atoms with Gasteiger partial charge in [0.05, 0.1) is 0 Å². The van der Waals surface area contributed by atoms with Crippen LogP contribution in [0.25, 0.3) is 0 Å². The number of halogens is 3. The zero-order valence-corrected chi connectivity index (χ0v) is 13.3. The average Bonchev–Trinajstić information content (AvgIpc) is 2.57. The van der Waals surface area contributed by atoms with Crippen LogP contribution >= 0.6 is 0 Å². The molecule has 0 saturated heterocycles. The molecule has 0 aliphatic carbocycles. The van der Waals surface area contributed by atoms with Crippen LogP contribution in [-0.4, -0.2) is 29.9 Å². The lowest BCUT2D eigenvalue weighted by molar-refractivity contribution is -0.153. The van der Waals surface area contributed by atoms with Crippen LogP contribution < -0.4 is 10.1 Å². The van der Waals surface area contributed by atoms with Gasteiger partial charge in [0.2, 0.25) is 0 Å². The first-order valence-electron chi connectivity index (χ1n) is 7.62. The summed E-state index contributed by atoms with van der Waals surface area (Å²) in [6.45, 7) is -1.06. The van der Waals surface area contributed by atoms with E-state index in [-0.39, 0.29) is 12.3 Å². The monoisotopic (exact) mass is 353 g/mol. The first-order chi connectivity index (χ1) is 11.8. The second-order valence-electron chi connectivity index (χ2n) is 5.51. The standard InChI is InChI=1S/C18H18F3NO3/c19-18(20,21)12-25-15-8-6-14(7-9-15)11-22-16(17(23)24)10-13-4-2-1-3-5-13/h1-9,16,22H,10-12H2,(H,23,24)/t16-/m1/s1. The third-order valence-electron chi connectivity index (χ3n) is 3.46. The highest BCUT2D eigenvalue weighted by atomic mass is 19.4. The van der Waals surface area contributed by atoms with E-state index >= 15 is 0 Å². The number of ether oxygens (including phenoxy) is 1. The Hall–Kier alpha value is -2.54. The molecule has 0 aliphatic rings. The van der Waals surface area contributed by atoms with Gasteiger partial charge in [-0.05, 0) is 29.7 Å². The van der Waals surface area contributed by atoms with E-state index in [1.54, 1.807) is 12.1 Å². The fourth-order valence-corrected chi connectivity index (χ4v) is 2.21. The number of carbonyl (C=O) groups is 1. The summed E-state index contributed by atoms with van der Waals surface area (Å²) < 4.78 is 40.9. The summed E-state index contributed by atoms with van der Waals surface area (Å²) in [5.41, 5.74) is 1.65. The molecule has 25 heavy (non-hydrogen) atoms. The number of nitrogens with one attached hydrogen (secondary N) is 1. The van der Waals surface area contributed by atoms with Crippen LogP contribution in [-0.2, 0) is 17.8 Å².